The second-order valence-corrected chi connectivity index (χ2v) is 8.27. The predicted molar refractivity (Wildman–Crippen MR) is 105 cm³/mol. The third-order valence-corrected chi connectivity index (χ3v) is 5.89. The quantitative estimate of drug-likeness (QED) is 0.828. The molecule has 0 spiro atoms. The number of likely N-dealkylation sites (tertiary alicyclic amines) is 1. The Labute approximate surface area is 163 Å². The van der Waals surface area contributed by atoms with Crippen LogP contribution in [0.4, 0.5) is 0 Å². The van der Waals surface area contributed by atoms with Gasteiger partial charge in [-0.2, -0.15) is 0 Å². The lowest BCUT2D eigenvalue weighted by molar-refractivity contribution is 0.0637. The molecule has 1 aliphatic heterocycles. The predicted octanol–water partition coefficient (Wildman–Crippen LogP) is 3.57. The summed E-state index contributed by atoms with van der Waals surface area (Å²) in [4.78, 5) is 27.4. The second-order valence-electron chi connectivity index (χ2n) is 7.32. The minimum atomic E-state index is -0.0339. The highest BCUT2D eigenvalue weighted by Gasteiger charge is 2.26. The number of benzene rings is 1. The average molecular weight is 385 g/mol. The van der Waals surface area contributed by atoms with Crippen LogP contribution in [0.3, 0.4) is 0 Å². The van der Waals surface area contributed by atoms with Crippen molar-refractivity contribution in [3.05, 3.63) is 52.2 Å². The van der Waals surface area contributed by atoms with E-state index in [9.17, 15) is 9.59 Å². The van der Waals surface area contributed by atoms with Crippen molar-refractivity contribution in [2.24, 2.45) is 5.92 Å². The van der Waals surface area contributed by atoms with Crippen molar-refractivity contribution in [2.45, 2.75) is 31.7 Å². The molecule has 2 aromatic rings. The summed E-state index contributed by atoms with van der Waals surface area (Å²) < 4.78 is 5.96. The number of carbonyl (C=O) groups excluding carboxylic acids is 2. The lowest BCUT2D eigenvalue weighted by Crippen LogP contribution is -2.41. The fraction of sp³-hybridized carbons (Fsp3) is 0.429. The summed E-state index contributed by atoms with van der Waals surface area (Å²) in [6, 6.07) is 11.5. The molecule has 2 heterocycles. The summed E-state index contributed by atoms with van der Waals surface area (Å²) in [5.41, 5.74) is 0.637. The normalized spacial score (nSPS) is 19.6. The van der Waals surface area contributed by atoms with E-state index in [1.54, 1.807) is 6.07 Å². The van der Waals surface area contributed by atoms with Crippen LogP contribution in [0.15, 0.2) is 41.8 Å². The van der Waals surface area contributed by atoms with Gasteiger partial charge in [-0.3, -0.25) is 9.59 Å². The summed E-state index contributed by atoms with van der Waals surface area (Å²) in [5.74, 6) is 1.11. The van der Waals surface area contributed by atoms with Crippen LogP contribution < -0.4 is 10.1 Å². The minimum Gasteiger partial charge on any atom is -0.493 e. The van der Waals surface area contributed by atoms with E-state index in [4.69, 9.17) is 4.74 Å². The van der Waals surface area contributed by atoms with Crippen LogP contribution in [-0.2, 0) is 0 Å². The average Bonchev–Trinajstić information content (AvgIpc) is 3.34. The Morgan fingerprint density at radius 2 is 2.07 bits per heavy atom. The van der Waals surface area contributed by atoms with E-state index in [1.165, 1.54) is 11.3 Å². The standard InChI is InChI=1S/C21H24N2O3S/c24-20(22-17-8-9-17)16-5-1-6-18(12-16)26-14-15-4-2-10-23(13-15)21(25)19-7-3-11-27-19/h1,3,5-7,11-12,15,17H,2,4,8-10,13-14H2,(H,22,24). The zero-order chi connectivity index (χ0) is 18.6. The Balaban J connectivity index is 1.31. The molecule has 0 bridgehead atoms. The van der Waals surface area contributed by atoms with E-state index in [-0.39, 0.29) is 11.8 Å². The number of hydrogen-bond acceptors (Lipinski definition) is 4. The number of rotatable bonds is 6. The summed E-state index contributed by atoms with van der Waals surface area (Å²) in [6.07, 6.45) is 4.19. The molecule has 4 rings (SSSR count). The molecule has 1 saturated heterocycles. The lowest BCUT2D eigenvalue weighted by Gasteiger charge is -2.32. The number of hydrogen-bond donors (Lipinski definition) is 1. The highest BCUT2D eigenvalue weighted by molar-refractivity contribution is 7.12. The number of piperidine rings is 1. The van der Waals surface area contributed by atoms with Gasteiger partial charge in [0.25, 0.3) is 11.8 Å². The number of thiophene rings is 1. The van der Waals surface area contributed by atoms with Crippen molar-refractivity contribution in [1.82, 2.24) is 10.2 Å². The minimum absolute atomic E-state index is 0.0339. The largest absolute Gasteiger partial charge is 0.493 e. The van der Waals surface area contributed by atoms with Crippen molar-refractivity contribution in [2.75, 3.05) is 19.7 Å². The van der Waals surface area contributed by atoms with Gasteiger partial charge < -0.3 is 15.0 Å². The fourth-order valence-electron chi connectivity index (χ4n) is 3.38. The molecule has 1 aromatic carbocycles. The van der Waals surface area contributed by atoms with Crippen molar-refractivity contribution >= 4 is 23.2 Å². The Morgan fingerprint density at radius 1 is 1.19 bits per heavy atom. The summed E-state index contributed by atoms with van der Waals surface area (Å²) in [5, 5.41) is 4.93. The molecule has 27 heavy (non-hydrogen) atoms. The molecule has 142 valence electrons. The molecule has 2 amide bonds. The van der Waals surface area contributed by atoms with E-state index in [1.807, 2.05) is 40.6 Å². The topological polar surface area (TPSA) is 58.6 Å². The molecule has 1 aromatic heterocycles. The van der Waals surface area contributed by atoms with Crippen LogP contribution in [0.5, 0.6) is 5.75 Å². The zero-order valence-corrected chi connectivity index (χ0v) is 16.0. The van der Waals surface area contributed by atoms with Gasteiger partial charge in [0, 0.05) is 30.6 Å². The molecule has 0 radical (unpaired) electrons. The van der Waals surface area contributed by atoms with Crippen LogP contribution in [0.1, 0.15) is 45.7 Å². The summed E-state index contributed by atoms with van der Waals surface area (Å²) in [6.45, 7) is 2.09. The van der Waals surface area contributed by atoms with Gasteiger partial charge in [-0.15, -0.1) is 11.3 Å². The van der Waals surface area contributed by atoms with Crippen molar-refractivity contribution in [1.29, 1.82) is 0 Å². The Morgan fingerprint density at radius 3 is 2.85 bits per heavy atom. The van der Waals surface area contributed by atoms with Crippen molar-refractivity contribution in [3.63, 3.8) is 0 Å². The van der Waals surface area contributed by atoms with Gasteiger partial charge in [0.05, 0.1) is 11.5 Å². The number of carbonyl (C=O) groups is 2. The highest BCUT2D eigenvalue weighted by atomic mass is 32.1. The van der Waals surface area contributed by atoms with Crippen LogP contribution in [0, 0.1) is 5.92 Å². The molecule has 2 fully saturated rings. The third-order valence-electron chi connectivity index (χ3n) is 5.03. The maximum atomic E-state index is 12.5. The molecule has 6 heteroatoms. The van der Waals surface area contributed by atoms with Crippen LogP contribution in [0.2, 0.25) is 0 Å². The Kier molecular flexibility index (Phi) is 5.43. The lowest BCUT2D eigenvalue weighted by atomic mass is 9.99. The van der Waals surface area contributed by atoms with Gasteiger partial charge in [-0.05, 0) is 55.3 Å². The van der Waals surface area contributed by atoms with Gasteiger partial charge in [-0.25, -0.2) is 0 Å². The van der Waals surface area contributed by atoms with Gasteiger partial charge in [0.15, 0.2) is 0 Å². The SMILES string of the molecule is O=C(NC1CC1)c1cccc(OCC2CCCN(C(=O)c3cccs3)C2)c1. The number of nitrogens with one attached hydrogen (secondary N) is 1. The van der Waals surface area contributed by atoms with E-state index in [2.05, 4.69) is 5.32 Å². The maximum Gasteiger partial charge on any atom is 0.263 e. The molecular weight excluding hydrogens is 360 g/mol. The van der Waals surface area contributed by atoms with Crippen molar-refractivity contribution < 1.29 is 14.3 Å². The summed E-state index contributed by atoms with van der Waals surface area (Å²) in [7, 11) is 0. The number of amides is 2. The molecule has 2 aliphatic rings. The third kappa shape index (κ3) is 4.69. The van der Waals surface area contributed by atoms with Crippen LogP contribution in [-0.4, -0.2) is 42.5 Å². The number of ether oxygens (including phenoxy) is 1. The monoisotopic (exact) mass is 384 g/mol. The van der Waals surface area contributed by atoms with E-state index in [0.717, 1.165) is 43.6 Å². The first-order valence-corrected chi connectivity index (χ1v) is 10.4. The molecule has 1 N–H and O–H groups in total. The molecule has 1 saturated carbocycles. The van der Waals surface area contributed by atoms with E-state index >= 15 is 0 Å². The smallest absolute Gasteiger partial charge is 0.263 e. The molecule has 1 aliphatic carbocycles. The van der Waals surface area contributed by atoms with Gasteiger partial charge >= 0.3 is 0 Å². The first-order valence-electron chi connectivity index (χ1n) is 9.55. The van der Waals surface area contributed by atoms with E-state index < -0.39 is 0 Å². The maximum absolute atomic E-state index is 12.5. The van der Waals surface area contributed by atoms with E-state index in [0.29, 0.717) is 29.9 Å². The first-order chi connectivity index (χ1) is 13.2. The summed E-state index contributed by atoms with van der Waals surface area (Å²) >= 11 is 1.49. The fourth-order valence-corrected chi connectivity index (χ4v) is 4.07. The number of nitrogens with zero attached hydrogens (tertiary/aromatic N) is 1. The van der Waals surface area contributed by atoms with Crippen molar-refractivity contribution in [3.8, 4) is 5.75 Å². The van der Waals surface area contributed by atoms with Gasteiger partial charge in [0.2, 0.25) is 0 Å². The first kappa shape index (κ1) is 18.0. The molecule has 5 nitrogen and oxygen atoms in total. The molecule has 1 atom stereocenters. The zero-order valence-electron chi connectivity index (χ0n) is 15.2. The Hall–Kier alpha value is -2.34. The van der Waals surface area contributed by atoms with Crippen LogP contribution >= 0.6 is 11.3 Å². The molecule has 1 unspecified atom stereocenters. The Bertz CT molecular complexity index is 802. The highest BCUT2D eigenvalue weighted by Crippen LogP contribution is 2.23. The van der Waals surface area contributed by atoms with Crippen LogP contribution in [0.25, 0.3) is 0 Å². The second kappa shape index (κ2) is 8.13. The molecular formula is C21H24N2O3S. The van der Waals surface area contributed by atoms with Gasteiger partial charge in [0.1, 0.15) is 5.75 Å². The van der Waals surface area contributed by atoms with Gasteiger partial charge in [-0.1, -0.05) is 12.1 Å².